The molecule has 0 aliphatic rings. The lowest BCUT2D eigenvalue weighted by Gasteiger charge is -2.13. The summed E-state index contributed by atoms with van der Waals surface area (Å²) in [4.78, 5) is 11.8. The Morgan fingerprint density at radius 3 is 2.06 bits per heavy atom. The van der Waals surface area contributed by atoms with E-state index in [1.807, 2.05) is 55.5 Å². The Hall–Kier alpha value is -2.09. The first-order valence-corrected chi connectivity index (χ1v) is 5.58. The molecule has 0 aliphatic carbocycles. The first-order chi connectivity index (χ1) is 8.27. The quantitative estimate of drug-likeness (QED) is 0.592. The molecule has 0 fully saturated rings. The molecule has 17 heavy (non-hydrogen) atoms. The summed E-state index contributed by atoms with van der Waals surface area (Å²) in [6, 6.07) is 18.7. The van der Waals surface area contributed by atoms with Crippen molar-refractivity contribution in [2.45, 2.75) is 13.0 Å². The molecule has 0 saturated carbocycles. The lowest BCUT2D eigenvalue weighted by molar-refractivity contribution is 0.0338. The van der Waals surface area contributed by atoms with Crippen molar-refractivity contribution in [2.24, 2.45) is 0 Å². The van der Waals surface area contributed by atoms with Crippen LogP contribution in [0.3, 0.4) is 0 Å². The molecule has 0 radical (unpaired) electrons. The van der Waals surface area contributed by atoms with E-state index >= 15 is 0 Å². The van der Waals surface area contributed by atoms with Gasteiger partial charge in [-0.2, -0.15) is 0 Å². The van der Waals surface area contributed by atoms with Crippen LogP contribution >= 0.6 is 0 Å². The summed E-state index contributed by atoms with van der Waals surface area (Å²) in [5.74, 6) is -0.290. The number of esters is 1. The number of benzene rings is 2. The number of rotatable bonds is 3. The average molecular weight is 228 g/mol. The summed E-state index contributed by atoms with van der Waals surface area (Å²) in [5.41, 5.74) is 1.58. The lowest BCUT2D eigenvalue weighted by Crippen LogP contribution is -2.08. The zero-order chi connectivity index (χ0) is 12.1. The van der Waals surface area contributed by atoms with Crippen LogP contribution in [-0.2, 0) is 4.74 Å². The molecule has 2 aromatic rings. The fraction of sp³-hybridized carbons (Fsp3) is 0.133. The summed E-state index contributed by atoms with van der Waals surface area (Å²) >= 11 is 0. The third-order valence-corrected chi connectivity index (χ3v) is 2.56. The second-order valence-electron chi connectivity index (χ2n) is 3.82. The SMILES string of the molecule is C[C@H](OC(=[18O])c1ccccc1)c1ccccc1. The van der Waals surface area contributed by atoms with E-state index in [0.29, 0.717) is 5.56 Å². The van der Waals surface area contributed by atoms with Gasteiger partial charge in [-0.3, -0.25) is 0 Å². The Labute approximate surface area is 101 Å². The molecule has 2 nitrogen and oxygen atoms in total. The van der Waals surface area contributed by atoms with Crippen molar-refractivity contribution in [1.82, 2.24) is 0 Å². The van der Waals surface area contributed by atoms with Gasteiger partial charge in [-0.1, -0.05) is 48.5 Å². The van der Waals surface area contributed by atoms with Crippen LogP contribution in [0.2, 0.25) is 0 Å². The van der Waals surface area contributed by atoms with E-state index in [0.717, 1.165) is 5.56 Å². The highest BCUT2D eigenvalue weighted by Crippen LogP contribution is 2.17. The standard InChI is InChI=1S/C15H14O2/c1-12(13-8-4-2-5-9-13)17-15(16)14-10-6-3-7-11-14/h2-12H,1H3/t12-/m0/s1/i16+2. The second-order valence-corrected chi connectivity index (χ2v) is 3.82. The highest BCUT2D eigenvalue weighted by Gasteiger charge is 2.12. The maximum atomic E-state index is 11.8. The van der Waals surface area contributed by atoms with E-state index in [2.05, 4.69) is 0 Å². The van der Waals surface area contributed by atoms with Crippen molar-refractivity contribution in [3.05, 3.63) is 71.8 Å². The number of carbonyl (C=O) groups excluding carboxylic acids is 1. The van der Waals surface area contributed by atoms with Crippen molar-refractivity contribution in [3.63, 3.8) is 0 Å². The fourth-order valence-corrected chi connectivity index (χ4v) is 1.59. The minimum absolute atomic E-state index is 0.232. The van der Waals surface area contributed by atoms with Crippen molar-refractivity contribution in [2.75, 3.05) is 0 Å². The molecule has 0 aromatic heterocycles. The summed E-state index contributed by atoms with van der Waals surface area (Å²) < 4.78 is 5.38. The van der Waals surface area contributed by atoms with E-state index in [1.54, 1.807) is 12.1 Å². The molecule has 0 N–H and O–H groups in total. The topological polar surface area (TPSA) is 26.3 Å². The van der Waals surface area contributed by atoms with E-state index in [9.17, 15) is 4.79 Å². The van der Waals surface area contributed by atoms with Crippen molar-refractivity contribution in [3.8, 4) is 0 Å². The first-order valence-electron chi connectivity index (χ1n) is 5.58. The Morgan fingerprint density at radius 1 is 0.941 bits per heavy atom. The van der Waals surface area contributed by atoms with Gasteiger partial charge in [0.2, 0.25) is 0 Å². The van der Waals surface area contributed by atoms with Crippen LogP contribution in [0.25, 0.3) is 0 Å². The summed E-state index contributed by atoms with van der Waals surface area (Å²) in [6.45, 7) is 1.87. The van der Waals surface area contributed by atoms with Crippen LogP contribution < -0.4 is 0 Å². The van der Waals surface area contributed by atoms with Crippen LogP contribution in [0.15, 0.2) is 60.7 Å². The van der Waals surface area contributed by atoms with Gasteiger partial charge < -0.3 is 4.74 Å². The fourth-order valence-electron chi connectivity index (χ4n) is 1.59. The highest BCUT2D eigenvalue weighted by atomic mass is 18.1. The van der Waals surface area contributed by atoms with Crippen molar-refractivity contribution >= 4 is 5.97 Å². The van der Waals surface area contributed by atoms with Crippen LogP contribution in [0.5, 0.6) is 0 Å². The smallest absolute Gasteiger partial charge is 0.338 e. The Balaban J connectivity index is 2.05. The molecular weight excluding hydrogens is 214 g/mol. The summed E-state index contributed by atoms with van der Waals surface area (Å²) in [6.07, 6.45) is -0.232. The Kier molecular flexibility index (Phi) is 3.55. The number of ether oxygens (including phenoxy) is 1. The van der Waals surface area contributed by atoms with Gasteiger partial charge in [0.1, 0.15) is 6.10 Å². The molecule has 0 amide bonds. The van der Waals surface area contributed by atoms with Gasteiger partial charge in [0.15, 0.2) is 0 Å². The molecule has 0 heterocycles. The maximum absolute atomic E-state index is 11.8. The monoisotopic (exact) mass is 228 g/mol. The minimum Gasteiger partial charge on any atom is -0.454 e. The molecular formula is C15H14O2. The second kappa shape index (κ2) is 5.30. The molecule has 0 aliphatic heterocycles. The van der Waals surface area contributed by atoms with Gasteiger partial charge in [0.05, 0.1) is 5.56 Å². The third kappa shape index (κ3) is 2.94. The Morgan fingerprint density at radius 2 is 1.47 bits per heavy atom. The molecule has 2 rings (SSSR count). The molecule has 86 valence electrons. The largest absolute Gasteiger partial charge is 0.454 e. The van der Waals surface area contributed by atoms with Gasteiger partial charge in [-0.05, 0) is 24.6 Å². The average Bonchev–Trinajstić information content (AvgIpc) is 2.40. The summed E-state index contributed by atoms with van der Waals surface area (Å²) in [7, 11) is 0. The molecule has 2 aromatic carbocycles. The van der Waals surface area contributed by atoms with E-state index in [-0.39, 0.29) is 12.1 Å². The molecule has 0 saturated heterocycles. The van der Waals surface area contributed by atoms with Crippen LogP contribution in [0, 0.1) is 0 Å². The van der Waals surface area contributed by atoms with Gasteiger partial charge in [0, 0.05) is 0 Å². The van der Waals surface area contributed by atoms with Crippen molar-refractivity contribution < 1.29 is 9.53 Å². The first kappa shape index (κ1) is 11.4. The van der Waals surface area contributed by atoms with Gasteiger partial charge in [0.25, 0.3) is 0 Å². The summed E-state index contributed by atoms with van der Waals surface area (Å²) in [5, 5.41) is 0. The molecule has 2 heteroatoms. The van der Waals surface area contributed by atoms with Crippen molar-refractivity contribution in [1.29, 1.82) is 0 Å². The third-order valence-electron chi connectivity index (χ3n) is 2.56. The van der Waals surface area contributed by atoms with Gasteiger partial charge >= 0.3 is 5.97 Å². The zero-order valence-electron chi connectivity index (χ0n) is 9.67. The molecule has 0 spiro atoms. The molecule has 0 bridgehead atoms. The van der Waals surface area contributed by atoms with Crippen LogP contribution in [0.4, 0.5) is 0 Å². The highest BCUT2D eigenvalue weighted by molar-refractivity contribution is 5.89. The Bertz CT molecular complexity index is 477. The van der Waals surface area contributed by atoms with Crippen LogP contribution in [-0.4, -0.2) is 5.97 Å². The minimum atomic E-state index is -0.290. The number of hydrogen-bond donors (Lipinski definition) is 0. The predicted molar refractivity (Wildman–Crippen MR) is 66.7 cm³/mol. The van der Waals surface area contributed by atoms with E-state index in [4.69, 9.17) is 4.74 Å². The van der Waals surface area contributed by atoms with Gasteiger partial charge in [-0.15, -0.1) is 0 Å². The van der Waals surface area contributed by atoms with Crippen LogP contribution in [0.1, 0.15) is 28.9 Å². The maximum Gasteiger partial charge on any atom is 0.338 e. The predicted octanol–water partition coefficient (Wildman–Crippen LogP) is 3.60. The number of carbonyl (C=O) groups is 1. The van der Waals surface area contributed by atoms with Gasteiger partial charge in [-0.25, -0.2) is 4.79 Å². The molecule has 1 atom stereocenters. The normalized spacial score (nSPS) is 11.8. The van der Waals surface area contributed by atoms with E-state index < -0.39 is 0 Å². The zero-order valence-corrected chi connectivity index (χ0v) is 9.67. The van der Waals surface area contributed by atoms with E-state index in [1.165, 1.54) is 0 Å². The lowest BCUT2D eigenvalue weighted by atomic mass is 10.1. The molecule has 0 unspecified atom stereocenters. The number of hydrogen-bond acceptors (Lipinski definition) is 2.